The van der Waals surface area contributed by atoms with Crippen molar-refractivity contribution in [2.24, 2.45) is 0 Å². The summed E-state index contributed by atoms with van der Waals surface area (Å²) >= 11 is 1.02. The fraction of sp³-hybridized carbons (Fsp3) is 0.286. The summed E-state index contributed by atoms with van der Waals surface area (Å²) in [5.41, 5.74) is 0.926. The van der Waals surface area contributed by atoms with Gasteiger partial charge in [0.2, 0.25) is 11.8 Å². The normalized spacial score (nSPS) is 17.0. The second-order valence-corrected chi connectivity index (χ2v) is 5.69. The molecule has 0 spiro atoms. The van der Waals surface area contributed by atoms with Crippen molar-refractivity contribution in [3.05, 3.63) is 29.8 Å². The smallest absolute Gasteiger partial charge is 0.338 e. The molecule has 1 saturated heterocycles. The highest BCUT2D eigenvalue weighted by molar-refractivity contribution is 8.15. The maximum absolute atomic E-state index is 11.9. The number of amides is 2. The first-order chi connectivity index (χ1) is 10.5. The van der Waals surface area contributed by atoms with Crippen LogP contribution in [0.15, 0.2) is 24.3 Å². The number of ether oxygens (including phenoxy) is 1. The van der Waals surface area contributed by atoms with Gasteiger partial charge in [-0.15, -0.1) is 0 Å². The molecule has 0 aliphatic carbocycles. The predicted octanol–water partition coefficient (Wildman–Crippen LogP) is 1.36. The van der Waals surface area contributed by atoms with Gasteiger partial charge in [-0.25, -0.2) is 4.79 Å². The fourth-order valence-corrected chi connectivity index (χ4v) is 2.68. The third-order valence-electron chi connectivity index (χ3n) is 2.84. The molecule has 1 fully saturated rings. The highest BCUT2D eigenvalue weighted by atomic mass is 32.2. The minimum Gasteiger partial charge on any atom is -0.462 e. The first kappa shape index (κ1) is 16.0. The Kier molecular flexibility index (Phi) is 5.16. The number of anilines is 1. The maximum Gasteiger partial charge on any atom is 0.338 e. The average Bonchev–Trinajstić information content (AvgIpc) is 2.77. The van der Waals surface area contributed by atoms with Crippen LogP contribution in [0.3, 0.4) is 0 Å². The zero-order valence-corrected chi connectivity index (χ0v) is 12.7. The van der Waals surface area contributed by atoms with Crippen molar-refractivity contribution >= 4 is 40.4 Å². The highest BCUT2D eigenvalue weighted by Gasteiger charge is 2.31. The Hall–Kier alpha value is -2.35. The van der Waals surface area contributed by atoms with E-state index in [1.54, 1.807) is 31.2 Å². The Morgan fingerprint density at radius 2 is 2.05 bits per heavy atom. The average molecular weight is 321 g/mol. The molecule has 1 aromatic rings. The third kappa shape index (κ3) is 4.08. The minimum atomic E-state index is -0.577. The molecule has 2 amide bonds. The predicted molar refractivity (Wildman–Crippen MR) is 82.9 cm³/mol. The van der Waals surface area contributed by atoms with E-state index in [4.69, 9.17) is 10.1 Å². The molecule has 2 rings (SSSR count). The first-order valence-corrected chi connectivity index (χ1v) is 7.50. The quantitative estimate of drug-likeness (QED) is 0.710. The number of carbonyl (C=O) groups is 3. The van der Waals surface area contributed by atoms with Gasteiger partial charge in [0.1, 0.15) is 5.25 Å². The van der Waals surface area contributed by atoms with Crippen LogP contribution in [-0.4, -0.2) is 34.8 Å². The summed E-state index contributed by atoms with van der Waals surface area (Å²) in [6.07, 6.45) is -0.0154. The zero-order valence-electron chi connectivity index (χ0n) is 11.8. The molecule has 3 N–H and O–H groups in total. The molecule has 0 bridgehead atoms. The lowest BCUT2D eigenvalue weighted by molar-refractivity contribution is -0.122. The molecule has 0 saturated carbocycles. The number of thioether (sulfide) groups is 1. The molecular formula is C14H15N3O4S. The SMILES string of the molecule is CCOC(=O)c1ccc(NC(=O)CC2SC(=N)NC2=O)cc1. The van der Waals surface area contributed by atoms with Gasteiger partial charge < -0.3 is 15.4 Å². The number of nitrogens with one attached hydrogen (secondary N) is 3. The van der Waals surface area contributed by atoms with E-state index in [0.717, 1.165) is 11.8 Å². The summed E-state index contributed by atoms with van der Waals surface area (Å²) in [7, 11) is 0. The molecule has 1 unspecified atom stereocenters. The Balaban J connectivity index is 1.90. The lowest BCUT2D eigenvalue weighted by Gasteiger charge is -2.08. The Morgan fingerprint density at radius 1 is 1.36 bits per heavy atom. The van der Waals surface area contributed by atoms with Gasteiger partial charge in [0, 0.05) is 12.1 Å². The van der Waals surface area contributed by atoms with E-state index in [0.29, 0.717) is 17.9 Å². The lowest BCUT2D eigenvalue weighted by atomic mass is 10.2. The first-order valence-electron chi connectivity index (χ1n) is 6.62. The van der Waals surface area contributed by atoms with Crippen LogP contribution in [0.4, 0.5) is 5.69 Å². The summed E-state index contributed by atoms with van der Waals surface area (Å²) in [5, 5.41) is 11.8. The van der Waals surface area contributed by atoms with Crippen LogP contribution in [0.25, 0.3) is 0 Å². The summed E-state index contributed by atoms with van der Waals surface area (Å²) in [4.78, 5) is 34.8. The van der Waals surface area contributed by atoms with Crippen molar-refractivity contribution in [2.75, 3.05) is 11.9 Å². The minimum absolute atomic E-state index is 0.0154. The van der Waals surface area contributed by atoms with Crippen LogP contribution in [0, 0.1) is 5.41 Å². The van der Waals surface area contributed by atoms with Crippen LogP contribution in [0.5, 0.6) is 0 Å². The number of amidine groups is 1. The summed E-state index contributed by atoms with van der Waals surface area (Å²) < 4.78 is 4.87. The van der Waals surface area contributed by atoms with Gasteiger partial charge in [-0.3, -0.25) is 15.0 Å². The summed E-state index contributed by atoms with van der Waals surface area (Å²) in [5.74, 6) is -1.08. The van der Waals surface area contributed by atoms with Gasteiger partial charge in [-0.2, -0.15) is 0 Å². The lowest BCUT2D eigenvalue weighted by Crippen LogP contribution is -2.27. The number of esters is 1. The van der Waals surface area contributed by atoms with Crippen LogP contribution < -0.4 is 10.6 Å². The molecule has 0 radical (unpaired) electrons. The monoisotopic (exact) mass is 321 g/mol. The van der Waals surface area contributed by atoms with Gasteiger partial charge in [-0.05, 0) is 31.2 Å². The second-order valence-electron chi connectivity index (χ2n) is 4.47. The van der Waals surface area contributed by atoms with Gasteiger partial charge in [0.05, 0.1) is 12.2 Å². The largest absolute Gasteiger partial charge is 0.462 e. The van der Waals surface area contributed by atoms with E-state index < -0.39 is 11.2 Å². The fourth-order valence-electron chi connectivity index (χ4n) is 1.84. The van der Waals surface area contributed by atoms with Crippen molar-refractivity contribution in [2.45, 2.75) is 18.6 Å². The number of hydrogen-bond donors (Lipinski definition) is 3. The van der Waals surface area contributed by atoms with Crippen LogP contribution in [0.2, 0.25) is 0 Å². The van der Waals surface area contributed by atoms with Crippen molar-refractivity contribution < 1.29 is 19.1 Å². The molecule has 1 heterocycles. The highest BCUT2D eigenvalue weighted by Crippen LogP contribution is 2.22. The molecule has 1 aliphatic rings. The van der Waals surface area contributed by atoms with Gasteiger partial charge in [0.25, 0.3) is 0 Å². The maximum atomic E-state index is 11.9. The molecule has 1 atom stereocenters. The van der Waals surface area contributed by atoms with Crippen LogP contribution in [-0.2, 0) is 14.3 Å². The molecule has 7 nitrogen and oxygen atoms in total. The van der Waals surface area contributed by atoms with Crippen molar-refractivity contribution in [3.8, 4) is 0 Å². The van der Waals surface area contributed by atoms with Gasteiger partial charge >= 0.3 is 5.97 Å². The van der Waals surface area contributed by atoms with E-state index in [-0.39, 0.29) is 23.4 Å². The van der Waals surface area contributed by atoms with Crippen molar-refractivity contribution in [1.29, 1.82) is 5.41 Å². The standard InChI is InChI=1S/C14H15N3O4S/c1-2-21-13(20)8-3-5-9(6-4-8)16-11(18)7-10-12(19)17-14(15)22-10/h3-6,10H,2,7H2,1H3,(H,16,18)(H2,15,17,19). The van der Waals surface area contributed by atoms with Crippen molar-refractivity contribution in [1.82, 2.24) is 5.32 Å². The Labute approximate surface area is 131 Å². The van der Waals surface area contributed by atoms with Crippen LogP contribution in [0.1, 0.15) is 23.7 Å². The van der Waals surface area contributed by atoms with E-state index >= 15 is 0 Å². The molecule has 22 heavy (non-hydrogen) atoms. The van der Waals surface area contributed by atoms with Gasteiger partial charge in [0.15, 0.2) is 5.17 Å². The Bertz CT molecular complexity index is 615. The van der Waals surface area contributed by atoms with Crippen molar-refractivity contribution in [3.63, 3.8) is 0 Å². The number of rotatable bonds is 5. The zero-order chi connectivity index (χ0) is 16.1. The molecule has 1 aliphatic heterocycles. The van der Waals surface area contributed by atoms with E-state index in [1.807, 2.05) is 0 Å². The topological polar surface area (TPSA) is 108 Å². The molecular weight excluding hydrogens is 306 g/mol. The number of carbonyl (C=O) groups excluding carboxylic acids is 3. The van der Waals surface area contributed by atoms with E-state index in [1.165, 1.54) is 0 Å². The van der Waals surface area contributed by atoms with E-state index in [9.17, 15) is 14.4 Å². The van der Waals surface area contributed by atoms with Gasteiger partial charge in [-0.1, -0.05) is 11.8 Å². The molecule has 8 heteroatoms. The summed E-state index contributed by atoms with van der Waals surface area (Å²) in [6.45, 7) is 2.02. The third-order valence-corrected chi connectivity index (χ3v) is 3.84. The Morgan fingerprint density at radius 3 is 2.59 bits per heavy atom. The van der Waals surface area contributed by atoms with Crippen LogP contribution >= 0.6 is 11.8 Å². The number of benzene rings is 1. The molecule has 1 aromatic carbocycles. The summed E-state index contributed by atoms with van der Waals surface area (Å²) in [6, 6.07) is 6.29. The van der Waals surface area contributed by atoms with E-state index in [2.05, 4.69) is 10.6 Å². The second kappa shape index (κ2) is 7.08. The number of hydrogen-bond acceptors (Lipinski definition) is 6. The molecule has 116 valence electrons. The molecule has 0 aromatic heterocycles.